The Bertz CT molecular complexity index is 766. The highest BCUT2D eigenvalue weighted by Crippen LogP contribution is 2.24. The molecule has 8 nitrogen and oxygen atoms in total. The Labute approximate surface area is 138 Å². The van der Waals surface area contributed by atoms with Gasteiger partial charge in [0.15, 0.2) is 0 Å². The van der Waals surface area contributed by atoms with Crippen molar-refractivity contribution in [2.45, 2.75) is 12.5 Å². The number of pyridine rings is 1. The number of amides is 1. The molecule has 1 unspecified atom stereocenters. The number of nitrogens with one attached hydrogen (secondary N) is 1. The van der Waals surface area contributed by atoms with Gasteiger partial charge in [0.05, 0.1) is 10.5 Å². The third kappa shape index (κ3) is 3.27. The molecule has 1 fully saturated rings. The van der Waals surface area contributed by atoms with Crippen molar-refractivity contribution in [3.8, 4) is 0 Å². The van der Waals surface area contributed by atoms with Crippen molar-refractivity contribution in [3.05, 3.63) is 58.3 Å². The van der Waals surface area contributed by atoms with Crippen molar-refractivity contribution in [3.63, 3.8) is 0 Å². The predicted molar refractivity (Wildman–Crippen MR) is 90.1 cm³/mol. The minimum atomic E-state index is -0.744. The summed E-state index contributed by atoms with van der Waals surface area (Å²) in [6.45, 7) is 1.63. The van der Waals surface area contributed by atoms with Crippen molar-refractivity contribution < 1.29 is 9.72 Å². The highest BCUT2D eigenvalue weighted by molar-refractivity contribution is 5.98. The molecule has 1 atom stereocenters. The molecule has 124 valence electrons. The summed E-state index contributed by atoms with van der Waals surface area (Å²) in [6, 6.07) is 11.3. The third-order valence-corrected chi connectivity index (χ3v) is 4.00. The van der Waals surface area contributed by atoms with E-state index in [4.69, 9.17) is 5.73 Å². The molecule has 0 saturated carbocycles. The monoisotopic (exact) mass is 327 g/mol. The Kier molecular flexibility index (Phi) is 4.28. The molecule has 0 bridgehead atoms. The fourth-order valence-corrected chi connectivity index (χ4v) is 2.80. The minimum Gasteiger partial charge on any atom is -0.369 e. The van der Waals surface area contributed by atoms with E-state index in [-0.39, 0.29) is 23.1 Å². The van der Waals surface area contributed by atoms with E-state index in [0.29, 0.717) is 0 Å². The number of rotatable bonds is 5. The number of primary amides is 1. The van der Waals surface area contributed by atoms with E-state index < -0.39 is 10.8 Å². The van der Waals surface area contributed by atoms with Gasteiger partial charge in [-0.1, -0.05) is 18.2 Å². The second-order valence-corrected chi connectivity index (χ2v) is 5.62. The van der Waals surface area contributed by atoms with Gasteiger partial charge in [-0.25, -0.2) is 4.98 Å². The molecule has 0 radical (unpaired) electrons. The molecule has 3 rings (SSSR count). The average molecular weight is 327 g/mol. The summed E-state index contributed by atoms with van der Waals surface area (Å²) < 4.78 is 0. The van der Waals surface area contributed by atoms with Gasteiger partial charge in [-0.05, 0) is 18.6 Å². The van der Waals surface area contributed by atoms with Gasteiger partial charge in [-0.15, -0.1) is 0 Å². The standard InChI is InChI=1S/C16H17N5O3/c17-15(22)14-8-13(21(23)24)9-18-16(14)19-11-6-7-20(10-11)12-4-2-1-3-5-12/h1-5,8-9,11H,6-7,10H2,(H2,17,22)(H,18,19). The quantitative estimate of drug-likeness (QED) is 0.639. The first kappa shape index (κ1) is 15.7. The van der Waals surface area contributed by atoms with Gasteiger partial charge in [-0.2, -0.15) is 0 Å². The normalized spacial score (nSPS) is 16.8. The summed E-state index contributed by atoms with van der Waals surface area (Å²) >= 11 is 0. The lowest BCUT2D eigenvalue weighted by Crippen LogP contribution is -2.27. The van der Waals surface area contributed by atoms with Crippen LogP contribution in [0.2, 0.25) is 0 Å². The van der Waals surface area contributed by atoms with E-state index in [1.165, 1.54) is 0 Å². The van der Waals surface area contributed by atoms with Crippen LogP contribution in [0, 0.1) is 10.1 Å². The number of benzene rings is 1. The lowest BCUT2D eigenvalue weighted by Gasteiger charge is -2.19. The minimum absolute atomic E-state index is 0.0300. The van der Waals surface area contributed by atoms with E-state index in [9.17, 15) is 14.9 Å². The fraction of sp³-hybridized carbons (Fsp3) is 0.250. The van der Waals surface area contributed by atoms with Gasteiger partial charge in [0.1, 0.15) is 12.0 Å². The molecule has 24 heavy (non-hydrogen) atoms. The second-order valence-electron chi connectivity index (χ2n) is 5.62. The van der Waals surface area contributed by atoms with Gasteiger partial charge >= 0.3 is 0 Å². The van der Waals surface area contributed by atoms with Crippen LogP contribution in [-0.2, 0) is 0 Å². The number of carbonyl (C=O) groups is 1. The summed E-state index contributed by atoms with van der Waals surface area (Å²) in [5.41, 5.74) is 6.23. The Morgan fingerprint density at radius 3 is 2.79 bits per heavy atom. The second kappa shape index (κ2) is 6.53. The van der Waals surface area contributed by atoms with Crippen LogP contribution in [0.25, 0.3) is 0 Å². The zero-order chi connectivity index (χ0) is 17.1. The zero-order valence-corrected chi connectivity index (χ0v) is 12.9. The molecular formula is C16H17N5O3. The molecule has 0 aliphatic carbocycles. The van der Waals surface area contributed by atoms with Crippen LogP contribution in [0.3, 0.4) is 0 Å². The largest absolute Gasteiger partial charge is 0.369 e. The predicted octanol–water partition coefficient (Wildman–Crippen LogP) is 1.78. The molecule has 8 heteroatoms. The van der Waals surface area contributed by atoms with E-state index >= 15 is 0 Å². The Balaban J connectivity index is 1.75. The number of carbonyl (C=O) groups excluding carboxylic acids is 1. The topological polar surface area (TPSA) is 114 Å². The lowest BCUT2D eigenvalue weighted by molar-refractivity contribution is -0.385. The van der Waals surface area contributed by atoms with Gasteiger partial charge in [0.2, 0.25) is 0 Å². The van der Waals surface area contributed by atoms with Crippen LogP contribution in [0.1, 0.15) is 16.8 Å². The van der Waals surface area contributed by atoms with E-state index in [0.717, 1.165) is 37.5 Å². The number of hydrogen-bond donors (Lipinski definition) is 2. The Morgan fingerprint density at radius 2 is 2.12 bits per heavy atom. The molecule has 3 N–H and O–H groups in total. The molecule has 0 spiro atoms. The summed E-state index contributed by atoms with van der Waals surface area (Å²) in [4.78, 5) is 28.0. The van der Waals surface area contributed by atoms with Crippen molar-refractivity contribution in [1.82, 2.24) is 4.98 Å². The maximum atomic E-state index is 11.6. The summed E-state index contributed by atoms with van der Waals surface area (Å²) in [7, 11) is 0. The fourth-order valence-electron chi connectivity index (χ4n) is 2.80. The molecule has 1 aromatic carbocycles. The summed E-state index contributed by atoms with van der Waals surface area (Å²) in [5, 5.41) is 14.0. The first-order valence-corrected chi connectivity index (χ1v) is 7.55. The molecule has 2 heterocycles. The van der Waals surface area contributed by atoms with Crippen molar-refractivity contribution in [1.29, 1.82) is 0 Å². The highest BCUT2D eigenvalue weighted by Gasteiger charge is 2.25. The number of para-hydroxylation sites is 1. The molecular weight excluding hydrogens is 310 g/mol. The van der Waals surface area contributed by atoms with Gasteiger partial charge < -0.3 is 16.0 Å². The van der Waals surface area contributed by atoms with Crippen LogP contribution in [0.15, 0.2) is 42.6 Å². The first-order chi connectivity index (χ1) is 11.5. The van der Waals surface area contributed by atoms with Crippen LogP contribution in [-0.4, -0.2) is 34.9 Å². The van der Waals surface area contributed by atoms with Crippen LogP contribution >= 0.6 is 0 Å². The van der Waals surface area contributed by atoms with Gasteiger partial charge in [-0.3, -0.25) is 14.9 Å². The molecule has 1 amide bonds. The Morgan fingerprint density at radius 1 is 1.38 bits per heavy atom. The van der Waals surface area contributed by atoms with Crippen molar-refractivity contribution >= 4 is 23.1 Å². The van der Waals surface area contributed by atoms with E-state index in [2.05, 4.69) is 15.2 Å². The maximum absolute atomic E-state index is 11.6. The lowest BCUT2D eigenvalue weighted by atomic mass is 10.2. The average Bonchev–Trinajstić information content (AvgIpc) is 3.04. The van der Waals surface area contributed by atoms with Crippen LogP contribution < -0.4 is 16.0 Å². The zero-order valence-electron chi connectivity index (χ0n) is 12.9. The highest BCUT2D eigenvalue weighted by atomic mass is 16.6. The number of nitrogens with two attached hydrogens (primary N) is 1. The van der Waals surface area contributed by atoms with Crippen LogP contribution in [0.5, 0.6) is 0 Å². The van der Waals surface area contributed by atoms with E-state index in [1.54, 1.807) is 0 Å². The van der Waals surface area contributed by atoms with Crippen molar-refractivity contribution in [2.75, 3.05) is 23.3 Å². The number of nitro groups is 1. The van der Waals surface area contributed by atoms with Gasteiger partial charge in [0, 0.05) is 30.9 Å². The number of hydrogen-bond acceptors (Lipinski definition) is 6. The third-order valence-electron chi connectivity index (χ3n) is 4.00. The Hall–Kier alpha value is -3.16. The molecule has 1 aromatic heterocycles. The van der Waals surface area contributed by atoms with E-state index in [1.807, 2.05) is 30.3 Å². The number of aromatic nitrogens is 1. The molecule has 2 aromatic rings. The number of nitrogens with zero attached hydrogens (tertiary/aromatic N) is 3. The maximum Gasteiger partial charge on any atom is 0.288 e. The molecule has 1 saturated heterocycles. The SMILES string of the molecule is NC(=O)c1cc([N+](=O)[O-])cnc1NC1CCN(c2ccccc2)C1. The van der Waals surface area contributed by atoms with Crippen LogP contribution in [0.4, 0.5) is 17.2 Å². The molecule has 1 aliphatic rings. The number of anilines is 2. The first-order valence-electron chi connectivity index (χ1n) is 7.55. The van der Waals surface area contributed by atoms with Crippen molar-refractivity contribution in [2.24, 2.45) is 5.73 Å². The summed E-state index contributed by atoms with van der Waals surface area (Å²) in [5.74, 6) is -0.459. The smallest absolute Gasteiger partial charge is 0.288 e. The van der Waals surface area contributed by atoms with Gasteiger partial charge in [0.25, 0.3) is 11.6 Å². The summed E-state index contributed by atoms with van der Waals surface area (Å²) in [6.07, 6.45) is 1.99. The molecule has 1 aliphatic heterocycles.